The summed E-state index contributed by atoms with van der Waals surface area (Å²) in [6, 6.07) is 8.91. The lowest BCUT2D eigenvalue weighted by Crippen LogP contribution is -2.69. The molecule has 2 atom stereocenters. The predicted octanol–water partition coefficient (Wildman–Crippen LogP) is 2.83. The van der Waals surface area contributed by atoms with E-state index in [1.165, 1.54) is 12.3 Å². The normalized spacial score (nSPS) is 22.6. The van der Waals surface area contributed by atoms with E-state index in [1.54, 1.807) is 12.3 Å². The van der Waals surface area contributed by atoms with Gasteiger partial charge in [-0.1, -0.05) is 6.07 Å². The second-order valence-corrected chi connectivity index (χ2v) is 6.71. The van der Waals surface area contributed by atoms with Crippen LogP contribution in [0.1, 0.15) is 23.2 Å². The van der Waals surface area contributed by atoms with Gasteiger partial charge in [0, 0.05) is 44.1 Å². The first kappa shape index (κ1) is 16.8. The van der Waals surface area contributed by atoms with Crippen LogP contribution in [-0.2, 0) is 12.7 Å². The van der Waals surface area contributed by atoms with Crippen molar-refractivity contribution in [3.05, 3.63) is 53.5 Å². The number of alkyl halides is 3. The molecule has 0 saturated carbocycles. The van der Waals surface area contributed by atoms with Crippen LogP contribution in [-0.4, -0.2) is 40.0 Å². The molecule has 0 N–H and O–H groups in total. The van der Waals surface area contributed by atoms with E-state index in [4.69, 9.17) is 5.26 Å². The molecule has 2 aromatic heterocycles. The zero-order chi connectivity index (χ0) is 18.3. The second kappa shape index (κ2) is 6.25. The number of fused-ring (bicyclic) bond motifs is 2. The van der Waals surface area contributed by atoms with Crippen LogP contribution in [0, 0.1) is 11.3 Å². The molecule has 5 rings (SSSR count). The first-order chi connectivity index (χ1) is 12.4. The van der Waals surface area contributed by atoms with E-state index < -0.39 is 11.9 Å². The Balaban J connectivity index is 1.38. The molecular weight excluding hydrogens is 343 g/mol. The Morgan fingerprint density at radius 1 is 1.08 bits per heavy atom. The van der Waals surface area contributed by atoms with E-state index in [2.05, 4.69) is 25.8 Å². The molecule has 134 valence electrons. The third-order valence-corrected chi connectivity index (χ3v) is 4.93. The van der Waals surface area contributed by atoms with Crippen molar-refractivity contribution in [1.82, 2.24) is 14.9 Å². The molecule has 0 aliphatic carbocycles. The lowest BCUT2D eigenvalue weighted by molar-refractivity contribution is -0.141. The number of nitriles is 1. The van der Waals surface area contributed by atoms with Gasteiger partial charge in [0.2, 0.25) is 0 Å². The van der Waals surface area contributed by atoms with Crippen LogP contribution in [0.2, 0.25) is 0 Å². The minimum absolute atomic E-state index is 0.344. The number of piperidine rings is 1. The molecule has 3 aliphatic heterocycles. The van der Waals surface area contributed by atoms with Gasteiger partial charge in [-0.2, -0.15) is 18.4 Å². The smallest absolute Gasteiger partial charge is 0.348 e. The Labute approximate surface area is 148 Å². The molecule has 2 bridgehead atoms. The van der Waals surface area contributed by atoms with E-state index in [9.17, 15) is 13.2 Å². The van der Waals surface area contributed by atoms with Gasteiger partial charge in [0.25, 0.3) is 0 Å². The van der Waals surface area contributed by atoms with Crippen LogP contribution >= 0.6 is 0 Å². The highest BCUT2D eigenvalue weighted by Crippen LogP contribution is 2.36. The number of anilines is 1. The molecular formula is C18H16F3N5. The number of hydrogen-bond acceptors (Lipinski definition) is 5. The number of piperazine rings is 1. The summed E-state index contributed by atoms with van der Waals surface area (Å²) < 4.78 is 37.8. The zero-order valence-corrected chi connectivity index (χ0v) is 13.8. The summed E-state index contributed by atoms with van der Waals surface area (Å²) in [5.74, 6) is 0.876. The van der Waals surface area contributed by atoms with Gasteiger partial charge in [-0.3, -0.25) is 9.88 Å². The molecule has 5 heterocycles. The van der Waals surface area contributed by atoms with Gasteiger partial charge < -0.3 is 4.90 Å². The summed E-state index contributed by atoms with van der Waals surface area (Å²) in [6.45, 7) is 2.26. The van der Waals surface area contributed by atoms with Crippen molar-refractivity contribution in [1.29, 1.82) is 5.26 Å². The van der Waals surface area contributed by atoms with Gasteiger partial charge in [0.15, 0.2) is 0 Å². The standard InChI is InChI=1S/C18H16F3N5/c19-18(20,21)16-3-1-13(8-23-16)9-25-10-14-5-15(11-25)26(14)17-4-2-12(6-22)7-24-17/h1-4,7-8,14-15H,5,9-11H2. The summed E-state index contributed by atoms with van der Waals surface area (Å²) in [6.07, 6.45) is -0.429. The molecule has 3 saturated heterocycles. The highest BCUT2D eigenvalue weighted by Gasteiger charge is 2.45. The van der Waals surface area contributed by atoms with Gasteiger partial charge in [0.1, 0.15) is 17.6 Å². The number of hydrogen-bond donors (Lipinski definition) is 0. The molecule has 0 radical (unpaired) electrons. The van der Waals surface area contributed by atoms with E-state index in [-0.39, 0.29) is 0 Å². The minimum Gasteiger partial charge on any atom is -0.348 e. The van der Waals surface area contributed by atoms with Crippen LogP contribution in [0.4, 0.5) is 19.0 Å². The fourth-order valence-electron chi connectivity index (χ4n) is 3.75. The maximum absolute atomic E-state index is 12.6. The fourth-order valence-corrected chi connectivity index (χ4v) is 3.75. The summed E-state index contributed by atoms with van der Waals surface area (Å²) in [5, 5.41) is 8.86. The van der Waals surface area contributed by atoms with Gasteiger partial charge in [-0.05, 0) is 30.2 Å². The average molecular weight is 359 g/mol. The lowest BCUT2D eigenvalue weighted by Gasteiger charge is -2.57. The molecule has 0 aromatic carbocycles. The molecule has 8 heteroatoms. The van der Waals surface area contributed by atoms with Gasteiger partial charge in [0.05, 0.1) is 5.56 Å². The number of halogens is 3. The van der Waals surface area contributed by atoms with Crippen molar-refractivity contribution >= 4 is 5.82 Å². The van der Waals surface area contributed by atoms with Crippen molar-refractivity contribution in [2.45, 2.75) is 31.2 Å². The average Bonchev–Trinajstić information content (AvgIpc) is 2.62. The van der Waals surface area contributed by atoms with Crippen LogP contribution in [0.5, 0.6) is 0 Å². The highest BCUT2D eigenvalue weighted by atomic mass is 19.4. The van der Waals surface area contributed by atoms with E-state index in [1.807, 2.05) is 6.07 Å². The van der Waals surface area contributed by atoms with Crippen molar-refractivity contribution in [3.8, 4) is 6.07 Å². The first-order valence-electron chi connectivity index (χ1n) is 8.33. The van der Waals surface area contributed by atoms with Gasteiger partial charge in [-0.25, -0.2) is 4.98 Å². The number of pyridine rings is 2. The lowest BCUT2D eigenvalue weighted by atomic mass is 9.87. The van der Waals surface area contributed by atoms with E-state index >= 15 is 0 Å². The second-order valence-electron chi connectivity index (χ2n) is 6.71. The summed E-state index contributed by atoms with van der Waals surface area (Å²) in [5.41, 5.74) is 0.457. The first-order valence-corrected chi connectivity index (χ1v) is 8.33. The minimum atomic E-state index is -4.40. The van der Waals surface area contributed by atoms with Crippen LogP contribution in [0.15, 0.2) is 36.7 Å². The summed E-state index contributed by atoms with van der Waals surface area (Å²) in [4.78, 5) is 12.4. The highest BCUT2D eigenvalue weighted by molar-refractivity contribution is 5.48. The molecule has 2 aromatic rings. The van der Waals surface area contributed by atoms with Gasteiger partial charge in [-0.15, -0.1) is 0 Å². The maximum atomic E-state index is 12.6. The van der Waals surface area contributed by atoms with Crippen LogP contribution in [0.25, 0.3) is 0 Å². The van der Waals surface area contributed by atoms with Crippen molar-refractivity contribution in [2.75, 3.05) is 18.0 Å². The summed E-state index contributed by atoms with van der Waals surface area (Å²) >= 11 is 0. The van der Waals surface area contributed by atoms with Crippen molar-refractivity contribution < 1.29 is 13.2 Å². The largest absolute Gasteiger partial charge is 0.433 e. The molecule has 26 heavy (non-hydrogen) atoms. The van der Waals surface area contributed by atoms with Crippen LogP contribution in [0.3, 0.4) is 0 Å². The Hall–Kier alpha value is -2.66. The Bertz CT molecular complexity index is 814. The Morgan fingerprint density at radius 2 is 1.85 bits per heavy atom. The number of rotatable bonds is 3. The van der Waals surface area contributed by atoms with E-state index in [0.717, 1.165) is 37.0 Å². The molecule has 2 unspecified atom stereocenters. The molecule has 0 amide bonds. The van der Waals surface area contributed by atoms with E-state index in [0.29, 0.717) is 24.2 Å². The Kier molecular flexibility index (Phi) is 4.04. The third-order valence-electron chi connectivity index (χ3n) is 4.93. The topological polar surface area (TPSA) is 56.1 Å². The third kappa shape index (κ3) is 3.10. The summed E-state index contributed by atoms with van der Waals surface area (Å²) in [7, 11) is 0. The quantitative estimate of drug-likeness (QED) is 0.844. The zero-order valence-electron chi connectivity index (χ0n) is 13.8. The molecule has 3 fully saturated rings. The number of nitrogens with zero attached hydrogens (tertiary/aromatic N) is 5. The Morgan fingerprint density at radius 3 is 2.38 bits per heavy atom. The van der Waals surface area contributed by atoms with Crippen molar-refractivity contribution in [3.63, 3.8) is 0 Å². The van der Waals surface area contributed by atoms with Crippen molar-refractivity contribution in [2.24, 2.45) is 0 Å². The van der Waals surface area contributed by atoms with Gasteiger partial charge >= 0.3 is 6.18 Å². The molecule has 5 nitrogen and oxygen atoms in total. The number of aromatic nitrogens is 2. The van der Waals surface area contributed by atoms with Crippen LogP contribution < -0.4 is 4.90 Å². The monoisotopic (exact) mass is 359 g/mol. The maximum Gasteiger partial charge on any atom is 0.433 e. The fraction of sp³-hybridized carbons (Fsp3) is 0.389. The predicted molar refractivity (Wildman–Crippen MR) is 88.1 cm³/mol. The molecule has 3 aliphatic rings. The molecule has 0 spiro atoms. The SMILES string of the molecule is N#Cc1ccc(N2C3CC2CN(Cc2ccc(C(F)(F)F)nc2)C3)nc1.